The Balaban J connectivity index is 2.11. The van der Waals surface area contributed by atoms with E-state index < -0.39 is 0 Å². The largest absolute Gasteiger partial charge is 0.362 e. The monoisotopic (exact) mass is 277 g/mol. The number of hydrogen-bond donors (Lipinski definition) is 1. The lowest BCUT2D eigenvalue weighted by atomic mass is 10.2. The summed E-state index contributed by atoms with van der Waals surface area (Å²) >= 11 is 1.70. The van der Waals surface area contributed by atoms with E-state index in [1.165, 1.54) is 10.9 Å². The maximum Gasteiger partial charge on any atom is 0.228 e. The molecule has 102 valence electrons. The van der Waals surface area contributed by atoms with Gasteiger partial charge in [-0.1, -0.05) is 0 Å². The lowest BCUT2D eigenvalue weighted by Gasteiger charge is -2.28. The number of nitrogens with zero attached hydrogens (tertiary/aromatic N) is 4. The molecular formula is C13H19N5S. The van der Waals surface area contributed by atoms with Crippen molar-refractivity contribution in [2.75, 3.05) is 50.1 Å². The van der Waals surface area contributed by atoms with Gasteiger partial charge in [0.25, 0.3) is 0 Å². The van der Waals surface area contributed by atoms with Gasteiger partial charge in [-0.2, -0.15) is 4.98 Å². The van der Waals surface area contributed by atoms with Gasteiger partial charge < -0.3 is 15.1 Å². The van der Waals surface area contributed by atoms with Crippen molar-refractivity contribution >= 4 is 33.3 Å². The smallest absolute Gasteiger partial charge is 0.228 e. The molecule has 5 nitrogen and oxygen atoms in total. The minimum absolute atomic E-state index is 0.861. The number of aryl methyl sites for hydroxylation is 1. The van der Waals surface area contributed by atoms with Gasteiger partial charge >= 0.3 is 0 Å². The van der Waals surface area contributed by atoms with Gasteiger partial charge in [0.15, 0.2) is 0 Å². The van der Waals surface area contributed by atoms with E-state index in [-0.39, 0.29) is 0 Å². The SMILES string of the molecule is Cc1csc2nc(N3CCNCC3)nc(N(C)C)c12. The summed E-state index contributed by atoms with van der Waals surface area (Å²) in [6.45, 7) is 6.08. The number of rotatable bonds is 2. The first kappa shape index (κ1) is 12.6. The van der Waals surface area contributed by atoms with Crippen molar-refractivity contribution in [2.45, 2.75) is 6.92 Å². The molecule has 0 aromatic carbocycles. The van der Waals surface area contributed by atoms with Crippen LogP contribution in [-0.2, 0) is 0 Å². The Morgan fingerprint density at radius 1 is 1.26 bits per heavy atom. The maximum atomic E-state index is 4.78. The number of anilines is 2. The second-order valence-electron chi connectivity index (χ2n) is 5.08. The van der Waals surface area contributed by atoms with E-state index >= 15 is 0 Å². The molecule has 1 fully saturated rings. The molecule has 0 aliphatic carbocycles. The summed E-state index contributed by atoms with van der Waals surface area (Å²) < 4.78 is 0. The molecule has 0 amide bonds. The van der Waals surface area contributed by atoms with Gasteiger partial charge in [-0.25, -0.2) is 4.98 Å². The van der Waals surface area contributed by atoms with Crippen LogP contribution in [0, 0.1) is 6.92 Å². The standard InChI is InChI=1S/C13H19N5S/c1-9-8-19-12-10(9)11(17(2)3)15-13(16-12)18-6-4-14-5-7-18/h8,14H,4-7H2,1-3H3. The zero-order valence-corrected chi connectivity index (χ0v) is 12.4. The van der Waals surface area contributed by atoms with Gasteiger partial charge in [0.1, 0.15) is 10.6 Å². The Kier molecular flexibility index (Phi) is 3.28. The second-order valence-corrected chi connectivity index (χ2v) is 5.94. The van der Waals surface area contributed by atoms with Crippen molar-refractivity contribution < 1.29 is 0 Å². The zero-order chi connectivity index (χ0) is 13.4. The van der Waals surface area contributed by atoms with Crippen LogP contribution in [-0.4, -0.2) is 50.2 Å². The molecule has 1 saturated heterocycles. The molecule has 0 unspecified atom stereocenters. The third-order valence-electron chi connectivity index (χ3n) is 3.41. The van der Waals surface area contributed by atoms with Crippen LogP contribution in [0.1, 0.15) is 5.56 Å². The summed E-state index contributed by atoms with van der Waals surface area (Å²) in [5.41, 5.74) is 1.26. The summed E-state index contributed by atoms with van der Waals surface area (Å²) in [5, 5.41) is 6.71. The van der Waals surface area contributed by atoms with Crippen molar-refractivity contribution in [3.05, 3.63) is 10.9 Å². The Morgan fingerprint density at radius 2 is 2.00 bits per heavy atom. The van der Waals surface area contributed by atoms with Crippen molar-refractivity contribution in [2.24, 2.45) is 0 Å². The van der Waals surface area contributed by atoms with E-state index in [1.807, 2.05) is 14.1 Å². The Morgan fingerprint density at radius 3 is 2.68 bits per heavy atom. The summed E-state index contributed by atoms with van der Waals surface area (Å²) in [7, 11) is 4.08. The van der Waals surface area contributed by atoms with E-state index in [9.17, 15) is 0 Å². The highest BCUT2D eigenvalue weighted by atomic mass is 32.1. The van der Waals surface area contributed by atoms with Crippen molar-refractivity contribution in [1.29, 1.82) is 0 Å². The zero-order valence-electron chi connectivity index (χ0n) is 11.6. The molecule has 19 heavy (non-hydrogen) atoms. The molecule has 1 aliphatic rings. The van der Waals surface area contributed by atoms with Gasteiger partial charge in [-0.15, -0.1) is 11.3 Å². The molecule has 1 aliphatic heterocycles. The molecule has 3 heterocycles. The fraction of sp³-hybridized carbons (Fsp3) is 0.538. The molecular weight excluding hydrogens is 258 g/mol. The van der Waals surface area contributed by atoms with E-state index in [1.54, 1.807) is 11.3 Å². The Hall–Kier alpha value is -1.40. The first-order chi connectivity index (χ1) is 9.16. The molecule has 2 aromatic heterocycles. The van der Waals surface area contributed by atoms with E-state index in [2.05, 4.69) is 27.4 Å². The molecule has 6 heteroatoms. The number of piperazine rings is 1. The number of hydrogen-bond acceptors (Lipinski definition) is 6. The highest BCUT2D eigenvalue weighted by Crippen LogP contribution is 2.32. The molecule has 0 saturated carbocycles. The van der Waals surface area contributed by atoms with Crippen LogP contribution in [0.3, 0.4) is 0 Å². The maximum absolute atomic E-state index is 4.78. The highest BCUT2D eigenvalue weighted by molar-refractivity contribution is 7.17. The van der Waals surface area contributed by atoms with E-state index in [0.29, 0.717) is 0 Å². The summed E-state index contributed by atoms with van der Waals surface area (Å²) in [6, 6.07) is 0. The third kappa shape index (κ3) is 2.26. The van der Waals surface area contributed by atoms with Gasteiger partial charge in [0.05, 0.1) is 5.39 Å². The summed E-state index contributed by atoms with van der Waals surface area (Å²) in [4.78, 5) is 14.9. The van der Waals surface area contributed by atoms with Crippen LogP contribution in [0.4, 0.5) is 11.8 Å². The van der Waals surface area contributed by atoms with Crippen molar-refractivity contribution in [3.63, 3.8) is 0 Å². The van der Waals surface area contributed by atoms with E-state index in [4.69, 9.17) is 9.97 Å². The summed E-state index contributed by atoms with van der Waals surface area (Å²) in [5.74, 6) is 1.89. The van der Waals surface area contributed by atoms with Crippen LogP contribution < -0.4 is 15.1 Å². The number of aromatic nitrogens is 2. The Bertz CT molecular complexity index is 586. The third-order valence-corrected chi connectivity index (χ3v) is 4.40. The average molecular weight is 277 g/mol. The molecule has 2 aromatic rings. The number of nitrogens with one attached hydrogen (secondary N) is 1. The lowest BCUT2D eigenvalue weighted by Crippen LogP contribution is -2.44. The normalized spacial score (nSPS) is 16.1. The fourth-order valence-corrected chi connectivity index (χ4v) is 3.29. The van der Waals surface area contributed by atoms with Gasteiger partial charge in [0.2, 0.25) is 5.95 Å². The topological polar surface area (TPSA) is 44.3 Å². The quantitative estimate of drug-likeness (QED) is 0.900. The first-order valence-electron chi connectivity index (χ1n) is 6.55. The highest BCUT2D eigenvalue weighted by Gasteiger charge is 2.18. The van der Waals surface area contributed by atoms with Crippen LogP contribution >= 0.6 is 11.3 Å². The molecule has 3 rings (SSSR count). The molecule has 0 radical (unpaired) electrons. The number of fused-ring (bicyclic) bond motifs is 1. The molecule has 0 atom stereocenters. The fourth-order valence-electron chi connectivity index (χ4n) is 2.38. The van der Waals surface area contributed by atoms with Gasteiger partial charge in [-0.3, -0.25) is 0 Å². The average Bonchev–Trinajstić information content (AvgIpc) is 2.80. The lowest BCUT2D eigenvalue weighted by molar-refractivity contribution is 0.580. The predicted octanol–water partition coefficient (Wildman–Crippen LogP) is 1.48. The molecule has 0 bridgehead atoms. The van der Waals surface area contributed by atoms with Crippen LogP contribution in [0.25, 0.3) is 10.2 Å². The van der Waals surface area contributed by atoms with Gasteiger partial charge in [-0.05, 0) is 17.9 Å². The first-order valence-corrected chi connectivity index (χ1v) is 7.43. The van der Waals surface area contributed by atoms with Crippen LogP contribution in [0.5, 0.6) is 0 Å². The minimum atomic E-state index is 0.861. The minimum Gasteiger partial charge on any atom is -0.362 e. The van der Waals surface area contributed by atoms with Gasteiger partial charge in [0, 0.05) is 40.3 Å². The van der Waals surface area contributed by atoms with E-state index in [0.717, 1.165) is 42.8 Å². The summed E-state index contributed by atoms with van der Waals surface area (Å²) in [6.07, 6.45) is 0. The second kappa shape index (κ2) is 4.94. The van der Waals surface area contributed by atoms with Crippen LogP contribution in [0.2, 0.25) is 0 Å². The predicted molar refractivity (Wildman–Crippen MR) is 81.6 cm³/mol. The van der Waals surface area contributed by atoms with Crippen molar-refractivity contribution in [3.8, 4) is 0 Å². The van der Waals surface area contributed by atoms with Crippen LogP contribution in [0.15, 0.2) is 5.38 Å². The molecule has 1 N–H and O–H groups in total. The van der Waals surface area contributed by atoms with Crippen molar-refractivity contribution in [1.82, 2.24) is 15.3 Å². The molecule has 0 spiro atoms. The number of thiophene rings is 1. The Labute approximate surface area is 117 Å².